The second kappa shape index (κ2) is 9.08. The minimum atomic E-state index is 0.0429. The molecule has 0 saturated heterocycles. The molecule has 2 aromatic rings. The van der Waals surface area contributed by atoms with Crippen LogP contribution in [0.2, 0.25) is 0 Å². The quantitative estimate of drug-likeness (QED) is 0.730. The summed E-state index contributed by atoms with van der Waals surface area (Å²) >= 11 is 0. The standard InChI is InChI=1S/C20H26N2O2/c1-15-6-4-7-16(2)20(15)22-19(23)11-13-21-12-10-17-8-5-9-18(14-17)24-3/h4-9,14,21H,10-13H2,1-3H3,(H,22,23). The van der Waals surface area contributed by atoms with E-state index in [1.54, 1.807) is 7.11 Å². The van der Waals surface area contributed by atoms with Crippen molar-refractivity contribution in [1.82, 2.24) is 5.32 Å². The average molecular weight is 326 g/mol. The molecule has 0 heterocycles. The van der Waals surface area contributed by atoms with E-state index in [2.05, 4.69) is 16.7 Å². The van der Waals surface area contributed by atoms with Crippen LogP contribution in [0.5, 0.6) is 5.75 Å². The van der Waals surface area contributed by atoms with E-state index in [0.717, 1.165) is 35.5 Å². The van der Waals surface area contributed by atoms with E-state index in [1.165, 1.54) is 5.56 Å². The molecular weight excluding hydrogens is 300 g/mol. The van der Waals surface area contributed by atoms with Gasteiger partial charge in [-0.05, 0) is 55.6 Å². The Kier molecular flexibility index (Phi) is 6.82. The molecule has 2 rings (SSSR count). The number of anilines is 1. The number of ether oxygens (including phenoxy) is 1. The molecule has 0 unspecified atom stereocenters. The van der Waals surface area contributed by atoms with Crippen LogP contribution in [0.25, 0.3) is 0 Å². The van der Waals surface area contributed by atoms with Gasteiger partial charge >= 0.3 is 0 Å². The zero-order chi connectivity index (χ0) is 17.4. The molecule has 2 aromatic carbocycles. The number of hydrogen-bond acceptors (Lipinski definition) is 3. The summed E-state index contributed by atoms with van der Waals surface area (Å²) in [6.45, 7) is 5.52. The van der Waals surface area contributed by atoms with Crippen LogP contribution in [0, 0.1) is 13.8 Å². The Morgan fingerprint density at radius 3 is 2.46 bits per heavy atom. The van der Waals surface area contributed by atoms with Gasteiger partial charge in [-0.3, -0.25) is 4.79 Å². The van der Waals surface area contributed by atoms with Crippen LogP contribution in [0.1, 0.15) is 23.1 Å². The number of carbonyl (C=O) groups is 1. The lowest BCUT2D eigenvalue weighted by atomic mass is 10.1. The van der Waals surface area contributed by atoms with Crippen LogP contribution in [-0.2, 0) is 11.2 Å². The third kappa shape index (κ3) is 5.39. The van der Waals surface area contributed by atoms with Crippen LogP contribution in [0.4, 0.5) is 5.69 Å². The molecule has 0 aliphatic carbocycles. The van der Waals surface area contributed by atoms with Crippen molar-refractivity contribution in [2.24, 2.45) is 0 Å². The molecule has 24 heavy (non-hydrogen) atoms. The minimum Gasteiger partial charge on any atom is -0.497 e. The van der Waals surface area contributed by atoms with Gasteiger partial charge in [-0.15, -0.1) is 0 Å². The van der Waals surface area contributed by atoms with Gasteiger partial charge in [-0.2, -0.15) is 0 Å². The lowest BCUT2D eigenvalue weighted by Gasteiger charge is -2.11. The molecule has 4 nitrogen and oxygen atoms in total. The predicted molar refractivity (Wildman–Crippen MR) is 98.7 cm³/mol. The number of methoxy groups -OCH3 is 1. The second-order valence-corrected chi connectivity index (χ2v) is 5.92. The zero-order valence-corrected chi connectivity index (χ0v) is 14.7. The number of para-hydroxylation sites is 1. The van der Waals surface area contributed by atoms with Gasteiger partial charge in [-0.25, -0.2) is 0 Å². The first kappa shape index (κ1) is 18.0. The maximum Gasteiger partial charge on any atom is 0.225 e. The van der Waals surface area contributed by atoms with E-state index in [4.69, 9.17) is 4.74 Å². The molecule has 0 aromatic heterocycles. The monoisotopic (exact) mass is 326 g/mol. The van der Waals surface area contributed by atoms with Crippen LogP contribution in [0.15, 0.2) is 42.5 Å². The van der Waals surface area contributed by atoms with Crippen molar-refractivity contribution in [2.75, 3.05) is 25.5 Å². The van der Waals surface area contributed by atoms with Gasteiger partial charge < -0.3 is 15.4 Å². The van der Waals surface area contributed by atoms with E-state index in [9.17, 15) is 4.79 Å². The fraction of sp³-hybridized carbons (Fsp3) is 0.350. The number of carbonyl (C=O) groups excluding carboxylic acids is 1. The van der Waals surface area contributed by atoms with Crippen LogP contribution in [0.3, 0.4) is 0 Å². The van der Waals surface area contributed by atoms with Crippen LogP contribution >= 0.6 is 0 Å². The first-order valence-corrected chi connectivity index (χ1v) is 8.30. The zero-order valence-electron chi connectivity index (χ0n) is 14.7. The first-order chi connectivity index (χ1) is 11.6. The summed E-state index contributed by atoms with van der Waals surface area (Å²) in [5, 5.41) is 6.32. The van der Waals surface area contributed by atoms with Crippen molar-refractivity contribution in [1.29, 1.82) is 0 Å². The minimum absolute atomic E-state index is 0.0429. The number of benzene rings is 2. The molecular formula is C20H26N2O2. The molecule has 0 radical (unpaired) electrons. The van der Waals surface area contributed by atoms with Crippen molar-refractivity contribution < 1.29 is 9.53 Å². The predicted octanol–water partition coefficient (Wildman–Crippen LogP) is 3.47. The van der Waals surface area contributed by atoms with E-state index in [1.807, 2.05) is 50.2 Å². The van der Waals surface area contributed by atoms with Gasteiger partial charge in [-0.1, -0.05) is 30.3 Å². The normalized spacial score (nSPS) is 10.5. The van der Waals surface area contributed by atoms with Gasteiger partial charge in [0.25, 0.3) is 0 Å². The second-order valence-electron chi connectivity index (χ2n) is 5.92. The molecule has 0 aliphatic heterocycles. The highest BCUT2D eigenvalue weighted by molar-refractivity contribution is 5.92. The number of amides is 1. The molecule has 4 heteroatoms. The largest absolute Gasteiger partial charge is 0.497 e. The molecule has 0 fully saturated rings. The summed E-state index contributed by atoms with van der Waals surface area (Å²) in [4.78, 5) is 12.1. The number of nitrogens with one attached hydrogen (secondary N) is 2. The Hall–Kier alpha value is -2.33. The molecule has 0 saturated carbocycles. The van der Waals surface area contributed by atoms with Gasteiger partial charge in [0.05, 0.1) is 7.11 Å². The van der Waals surface area contributed by atoms with E-state index in [0.29, 0.717) is 13.0 Å². The van der Waals surface area contributed by atoms with E-state index >= 15 is 0 Å². The summed E-state index contributed by atoms with van der Waals surface area (Å²) in [6, 6.07) is 14.1. The fourth-order valence-corrected chi connectivity index (χ4v) is 2.60. The van der Waals surface area contributed by atoms with Gasteiger partial charge in [0, 0.05) is 18.7 Å². The van der Waals surface area contributed by atoms with E-state index in [-0.39, 0.29) is 5.91 Å². The van der Waals surface area contributed by atoms with Crippen molar-refractivity contribution in [3.8, 4) is 5.75 Å². The molecule has 0 spiro atoms. The number of aryl methyl sites for hydroxylation is 2. The molecule has 0 bridgehead atoms. The molecule has 128 valence electrons. The Morgan fingerprint density at radius 1 is 1.04 bits per heavy atom. The third-order valence-corrected chi connectivity index (χ3v) is 4.00. The summed E-state index contributed by atoms with van der Waals surface area (Å²) in [6.07, 6.45) is 1.38. The number of rotatable bonds is 8. The SMILES string of the molecule is COc1cccc(CCNCCC(=O)Nc2c(C)cccc2C)c1. The molecule has 0 atom stereocenters. The highest BCUT2D eigenvalue weighted by Crippen LogP contribution is 2.19. The smallest absolute Gasteiger partial charge is 0.225 e. The molecule has 2 N–H and O–H groups in total. The van der Waals surface area contributed by atoms with Crippen molar-refractivity contribution in [3.63, 3.8) is 0 Å². The third-order valence-electron chi connectivity index (χ3n) is 4.00. The summed E-state index contributed by atoms with van der Waals surface area (Å²) < 4.78 is 5.22. The van der Waals surface area contributed by atoms with Crippen LogP contribution in [-0.4, -0.2) is 26.1 Å². The highest BCUT2D eigenvalue weighted by atomic mass is 16.5. The Bertz CT molecular complexity index is 663. The topological polar surface area (TPSA) is 50.4 Å². The van der Waals surface area contributed by atoms with Crippen LogP contribution < -0.4 is 15.4 Å². The van der Waals surface area contributed by atoms with Crippen molar-refractivity contribution >= 4 is 11.6 Å². The Morgan fingerprint density at radius 2 is 1.75 bits per heavy atom. The Labute approximate surface area is 144 Å². The summed E-state index contributed by atoms with van der Waals surface area (Å²) in [5.41, 5.74) is 4.34. The van der Waals surface area contributed by atoms with Gasteiger partial charge in [0.2, 0.25) is 5.91 Å². The van der Waals surface area contributed by atoms with Crippen molar-refractivity contribution in [3.05, 3.63) is 59.2 Å². The Balaban J connectivity index is 1.69. The number of hydrogen-bond donors (Lipinski definition) is 2. The average Bonchev–Trinajstić information content (AvgIpc) is 2.58. The first-order valence-electron chi connectivity index (χ1n) is 8.30. The molecule has 0 aliphatic rings. The van der Waals surface area contributed by atoms with Gasteiger partial charge in [0.15, 0.2) is 0 Å². The van der Waals surface area contributed by atoms with E-state index < -0.39 is 0 Å². The maximum absolute atomic E-state index is 12.1. The highest BCUT2D eigenvalue weighted by Gasteiger charge is 2.06. The maximum atomic E-state index is 12.1. The van der Waals surface area contributed by atoms with Gasteiger partial charge in [0.1, 0.15) is 5.75 Å². The lowest BCUT2D eigenvalue weighted by molar-refractivity contribution is -0.116. The molecule has 1 amide bonds. The fourth-order valence-electron chi connectivity index (χ4n) is 2.60. The summed E-state index contributed by atoms with van der Waals surface area (Å²) in [7, 11) is 1.67. The summed E-state index contributed by atoms with van der Waals surface area (Å²) in [5.74, 6) is 0.918. The lowest BCUT2D eigenvalue weighted by Crippen LogP contribution is -2.24. The van der Waals surface area contributed by atoms with Crippen molar-refractivity contribution in [2.45, 2.75) is 26.7 Å².